The molecule has 1 atom stereocenters. The summed E-state index contributed by atoms with van der Waals surface area (Å²) in [5.74, 6) is 1.10. The molecule has 108 valence electrons. The van der Waals surface area contributed by atoms with E-state index in [0.29, 0.717) is 5.96 Å². The Balaban J connectivity index is 1.79. The summed E-state index contributed by atoms with van der Waals surface area (Å²) < 4.78 is 2.05. The molecule has 5 heteroatoms. The number of anilines is 1. The van der Waals surface area contributed by atoms with E-state index in [1.54, 1.807) is 0 Å². The maximum Gasteiger partial charge on any atom is 0.212 e. The number of nitrogens with two attached hydrogens (primary N) is 1. The number of guanidine groups is 1. The lowest BCUT2D eigenvalue weighted by Gasteiger charge is -2.21. The van der Waals surface area contributed by atoms with Gasteiger partial charge in [-0.3, -0.25) is 9.88 Å². The zero-order valence-electron chi connectivity index (χ0n) is 11.8. The van der Waals surface area contributed by atoms with E-state index in [9.17, 15) is 0 Å². The second-order valence-electron chi connectivity index (χ2n) is 5.12. The van der Waals surface area contributed by atoms with Crippen LogP contribution < -0.4 is 11.1 Å². The number of hydrogen-bond acceptors (Lipinski definition) is 4. The van der Waals surface area contributed by atoms with Crippen LogP contribution in [-0.2, 0) is 0 Å². The van der Waals surface area contributed by atoms with Gasteiger partial charge in [-0.1, -0.05) is 48.5 Å². The van der Waals surface area contributed by atoms with Gasteiger partial charge >= 0.3 is 0 Å². The normalized spacial score (nSPS) is 17.3. The Morgan fingerprint density at radius 1 is 1.05 bits per heavy atom. The summed E-state index contributed by atoms with van der Waals surface area (Å²) in [6.45, 7) is 0. The van der Waals surface area contributed by atoms with E-state index in [0.717, 1.165) is 22.5 Å². The van der Waals surface area contributed by atoms with Gasteiger partial charge < -0.3 is 5.73 Å². The molecule has 1 aliphatic heterocycles. The van der Waals surface area contributed by atoms with E-state index in [4.69, 9.17) is 5.73 Å². The lowest BCUT2D eigenvalue weighted by molar-refractivity contribution is 0.650. The third kappa shape index (κ3) is 2.13. The van der Waals surface area contributed by atoms with Crippen LogP contribution in [-0.4, -0.2) is 15.5 Å². The van der Waals surface area contributed by atoms with Gasteiger partial charge in [-0.15, -0.1) is 0 Å². The van der Waals surface area contributed by atoms with Crippen molar-refractivity contribution in [3.8, 4) is 0 Å². The van der Waals surface area contributed by atoms with Crippen molar-refractivity contribution in [2.75, 3.05) is 5.32 Å². The smallest absolute Gasteiger partial charge is 0.212 e. The lowest BCUT2D eigenvalue weighted by atomic mass is 10.2. The maximum atomic E-state index is 5.88. The minimum Gasteiger partial charge on any atom is -0.370 e. The molecule has 3 aromatic rings. The number of rotatable bonds is 2. The molecule has 0 bridgehead atoms. The van der Waals surface area contributed by atoms with Gasteiger partial charge in [-0.2, -0.15) is 0 Å². The molecule has 0 spiro atoms. The van der Waals surface area contributed by atoms with Gasteiger partial charge in [0.25, 0.3) is 0 Å². The molecule has 3 N–H and O–H groups in total. The van der Waals surface area contributed by atoms with Crippen LogP contribution in [0.4, 0.5) is 5.95 Å². The van der Waals surface area contributed by atoms with Gasteiger partial charge in [-0.05, 0) is 23.8 Å². The van der Waals surface area contributed by atoms with Crippen LogP contribution in [0.15, 0.2) is 65.7 Å². The molecular weight excluding hydrogens is 274 g/mol. The highest BCUT2D eigenvalue weighted by Crippen LogP contribution is 2.28. The molecule has 0 saturated heterocycles. The topological polar surface area (TPSA) is 68.2 Å². The summed E-state index contributed by atoms with van der Waals surface area (Å²) in [5, 5.41) is 3.02. The molecule has 0 fully saturated rings. The van der Waals surface area contributed by atoms with Crippen molar-refractivity contribution < 1.29 is 0 Å². The summed E-state index contributed by atoms with van der Waals surface area (Å²) >= 11 is 0. The van der Waals surface area contributed by atoms with Crippen molar-refractivity contribution >= 4 is 29.0 Å². The molecule has 4 rings (SSSR count). The molecule has 0 amide bonds. The maximum absolute atomic E-state index is 5.88. The minimum absolute atomic E-state index is 0.205. The molecule has 1 aromatic heterocycles. The third-order valence-electron chi connectivity index (χ3n) is 3.63. The number of aromatic nitrogens is 2. The predicted octanol–water partition coefficient (Wildman–Crippen LogP) is 2.99. The Kier molecular flexibility index (Phi) is 2.89. The Bertz CT molecular complexity index is 876. The fourth-order valence-electron chi connectivity index (χ4n) is 2.64. The van der Waals surface area contributed by atoms with Crippen LogP contribution in [0.5, 0.6) is 0 Å². The van der Waals surface area contributed by atoms with E-state index < -0.39 is 0 Å². The van der Waals surface area contributed by atoms with E-state index in [1.165, 1.54) is 0 Å². The molecule has 2 aromatic carbocycles. The Morgan fingerprint density at radius 2 is 1.82 bits per heavy atom. The molecule has 1 aliphatic rings. The third-order valence-corrected chi connectivity index (χ3v) is 3.63. The number of nitrogens with one attached hydrogen (secondary N) is 1. The fraction of sp³-hybridized carbons (Fsp3) is 0.0588. The van der Waals surface area contributed by atoms with Crippen molar-refractivity contribution in [2.45, 2.75) is 6.17 Å². The highest BCUT2D eigenvalue weighted by molar-refractivity contribution is 5.94. The lowest BCUT2D eigenvalue weighted by Crippen LogP contribution is -2.30. The van der Waals surface area contributed by atoms with Crippen LogP contribution in [0.3, 0.4) is 0 Å². The zero-order chi connectivity index (χ0) is 14.9. The fourth-order valence-corrected chi connectivity index (χ4v) is 2.64. The largest absolute Gasteiger partial charge is 0.370 e. The van der Waals surface area contributed by atoms with Gasteiger partial charge in [0.05, 0.1) is 11.0 Å². The van der Waals surface area contributed by atoms with E-state index in [1.807, 2.05) is 59.2 Å². The first-order chi connectivity index (χ1) is 10.8. The highest BCUT2D eigenvalue weighted by atomic mass is 15.4. The number of benzene rings is 2. The van der Waals surface area contributed by atoms with Crippen molar-refractivity contribution in [3.63, 3.8) is 0 Å². The molecule has 22 heavy (non-hydrogen) atoms. The molecule has 2 heterocycles. The van der Waals surface area contributed by atoms with Crippen LogP contribution in [0.1, 0.15) is 11.7 Å². The number of para-hydroxylation sites is 2. The summed E-state index contributed by atoms with van der Waals surface area (Å²) in [5.41, 5.74) is 8.96. The van der Waals surface area contributed by atoms with Crippen molar-refractivity contribution in [3.05, 3.63) is 66.2 Å². The van der Waals surface area contributed by atoms with Gasteiger partial charge in [0, 0.05) is 0 Å². The van der Waals surface area contributed by atoms with Gasteiger partial charge in [0.15, 0.2) is 12.1 Å². The summed E-state index contributed by atoms with van der Waals surface area (Å²) in [4.78, 5) is 9.05. The Hall–Kier alpha value is -3.08. The summed E-state index contributed by atoms with van der Waals surface area (Å²) in [6, 6.07) is 18.1. The van der Waals surface area contributed by atoms with Gasteiger partial charge in [-0.25, -0.2) is 9.98 Å². The second-order valence-corrected chi connectivity index (χ2v) is 5.12. The van der Waals surface area contributed by atoms with Crippen molar-refractivity contribution in [2.24, 2.45) is 10.7 Å². The van der Waals surface area contributed by atoms with Crippen LogP contribution in [0.2, 0.25) is 0 Å². The molecule has 0 unspecified atom stereocenters. The number of aliphatic imine (C=N–C) groups is 1. The molecule has 0 radical (unpaired) electrons. The number of hydrogen-bond donors (Lipinski definition) is 2. The van der Waals surface area contributed by atoms with Crippen LogP contribution in [0.25, 0.3) is 17.1 Å². The second kappa shape index (κ2) is 5.04. The SMILES string of the molecule is NC1=N[C@H](/C=C/c2ccccc2)n2c(nc3ccccc32)N1. The molecule has 5 nitrogen and oxygen atoms in total. The first-order valence-electron chi connectivity index (χ1n) is 7.12. The van der Waals surface area contributed by atoms with Gasteiger partial charge in [0.1, 0.15) is 0 Å². The summed E-state index contributed by atoms with van der Waals surface area (Å²) in [7, 11) is 0. The van der Waals surface area contributed by atoms with E-state index >= 15 is 0 Å². The van der Waals surface area contributed by atoms with E-state index in [2.05, 4.69) is 27.4 Å². The quantitative estimate of drug-likeness (QED) is 0.762. The van der Waals surface area contributed by atoms with Crippen LogP contribution >= 0.6 is 0 Å². The number of imidazole rings is 1. The first kappa shape index (κ1) is 12.6. The molecule has 0 aliphatic carbocycles. The highest BCUT2D eigenvalue weighted by Gasteiger charge is 2.21. The van der Waals surface area contributed by atoms with Crippen molar-refractivity contribution in [1.29, 1.82) is 0 Å². The number of nitrogens with zero attached hydrogens (tertiary/aromatic N) is 3. The molecular formula is C17H15N5. The minimum atomic E-state index is -0.205. The Labute approximate surface area is 127 Å². The standard InChI is InChI=1S/C17H15N5/c18-16-20-15(11-10-12-6-2-1-3-7-12)22-14-9-5-4-8-13(14)19-17(22)21-16/h1-11,15H,(H3,18,19,20,21)/b11-10+/t15-/m0/s1. The predicted molar refractivity (Wildman–Crippen MR) is 89.5 cm³/mol. The van der Waals surface area contributed by atoms with Crippen molar-refractivity contribution in [1.82, 2.24) is 9.55 Å². The number of fused-ring (bicyclic) bond motifs is 3. The monoisotopic (exact) mass is 289 g/mol. The average Bonchev–Trinajstić information content (AvgIpc) is 2.91. The van der Waals surface area contributed by atoms with E-state index in [-0.39, 0.29) is 6.17 Å². The molecule has 0 saturated carbocycles. The summed E-state index contributed by atoms with van der Waals surface area (Å²) in [6.07, 6.45) is 3.87. The average molecular weight is 289 g/mol. The Morgan fingerprint density at radius 3 is 2.68 bits per heavy atom. The van der Waals surface area contributed by atoms with Crippen LogP contribution in [0, 0.1) is 0 Å². The zero-order valence-corrected chi connectivity index (χ0v) is 11.8. The first-order valence-corrected chi connectivity index (χ1v) is 7.12. The van der Waals surface area contributed by atoms with Gasteiger partial charge in [0.2, 0.25) is 5.95 Å².